The summed E-state index contributed by atoms with van der Waals surface area (Å²) >= 11 is 0. The third kappa shape index (κ3) is 4.39. The monoisotopic (exact) mass is 227 g/mol. The summed E-state index contributed by atoms with van der Waals surface area (Å²) in [5.74, 6) is 1.24. The number of rotatable bonds is 4. The van der Waals surface area contributed by atoms with Gasteiger partial charge >= 0.3 is 0 Å². The first-order valence-electron chi connectivity index (χ1n) is 6.30. The van der Waals surface area contributed by atoms with E-state index in [4.69, 9.17) is 10.5 Å². The SMILES string of the molecule is CCOC1CCCN(C(N)=NCC(C)C)C1. The summed E-state index contributed by atoms with van der Waals surface area (Å²) in [6, 6.07) is 0. The Hall–Kier alpha value is -0.770. The largest absolute Gasteiger partial charge is 0.377 e. The van der Waals surface area contributed by atoms with Crippen LogP contribution in [0.1, 0.15) is 33.6 Å². The van der Waals surface area contributed by atoms with Crippen molar-refractivity contribution in [3.05, 3.63) is 0 Å². The van der Waals surface area contributed by atoms with Crippen LogP contribution >= 0.6 is 0 Å². The van der Waals surface area contributed by atoms with Crippen molar-refractivity contribution < 1.29 is 4.74 Å². The zero-order chi connectivity index (χ0) is 12.0. The Bertz CT molecular complexity index is 226. The summed E-state index contributed by atoms with van der Waals surface area (Å²) in [5.41, 5.74) is 5.98. The number of hydrogen-bond acceptors (Lipinski definition) is 2. The van der Waals surface area contributed by atoms with Crippen LogP contribution in [0.3, 0.4) is 0 Å². The molecule has 0 aromatic rings. The Morgan fingerprint density at radius 1 is 1.56 bits per heavy atom. The number of nitrogens with two attached hydrogens (primary N) is 1. The molecule has 0 aromatic heterocycles. The number of ether oxygens (including phenoxy) is 1. The Kier molecular flexibility index (Phi) is 5.60. The van der Waals surface area contributed by atoms with Gasteiger partial charge in [-0.2, -0.15) is 0 Å². The van der Waals surface area contributed by atoms with E-state index >= 15 is 0 Å². The van der Waals surface area contributed by atoms with Crippen molar-refractivity contribution in [3.63, 3.8) is 0 Å². The van der Waals surface area contributed by atoms with Crippen LogP contribution in [-0.4, -0.2) is 43.2 Å². The molecule has 0 saturated carbocycles. The van der Waals surface area contributed by atoms with E-state index in [9.17, 15) is 0 Å². The molecule has 1 atom stereocenters. The number of nitrogens with zero attached hydrogens (tertiary/aromatic N) is 2. The van der Waals surface area contributed by atoms with Gasteiger partial charge in [0.05, 0.1) is 6.10 Å². The lowest BCUT2D eigenvalue weighted by atomic mass is 10.1. The molecule has 1 unspecified atom stereocenters. The van der Waals surface area contributed by atoms with Gasteiger partial charge in [0.2, 0.25) is 0 Å². The fourth-order valence-electron chi connectivity index (χ4n) is 1.89. The van der Waals surface area contributed by atoms with Crippen molar-refractivity contribution in [1.82, 2.24) is 4.90 Å². The van der Waals surface area contributed by atoms with Crippen LogP contribution in [0.5, 0.6) is 0 Å². The molecule has 0 aliphatic carbocycles. The predicted molar refractivity (Wildman–Crippen MR) is 67.5 cm³/mol. The number of likely N-dealkylation sites (tertiary alicyclic amines) is 1. The van der Waals surface area contributed by atoms with Gasteiger partial charge in [0, 0.05) is 26.2 Å². The molecule has 2 N–H and O–H groups in total. The van der Waals surface area contributed by atoms with Gasteiger partial charge in [0.1, 0.15) is 0 Å². The Morgan fingerprint density at radius 2 is 2.31 bits per heavy atom. The lowest BCUT2D eigenvalue weighted by molar-refractivity contribution is 0.0232. The smallest absolute Gasteiger partial charge is 0.191 e. The van der Waals surface area contributed by atoms with Crippen molar-refractivity contribution in [1.29, 1.82) is 0 Å². The first-order chi connectivity index (χ1) is 7.63. The molecule has 1 saturated heterocycles. The summed E-state index contributed by atoms with van der Waals surface area (Å²) in [4.78, 5) is 6.55. The number of aliphatic imine (C=N–C) groups is 1. The Balaban J connectivity index is 2.43. The summed E-state index contributed by atoms with van der Waals surface area (Å²) in [5, 5.41) is 0. The molecular formula is C12H25N3O. The lowest BCUT2D eigenvalue weighted by Gasteiger charge is -2.33. The summed E-state index contributed by atoms with van der Waals surface area (Å²) < 4.78 is 5.64. The third-order valence-electron chi connectivity index (χ3n) is 2.72. The minimum atomic E-state index is 0.326. The first-order valence-corrected chi connectivity index (χ1v) is 6.30. The fourth-order valence-corrected chi connectivity index (χ4v) is 1.89. The molecule has 0 amide bonds. The molecule has 0 radical (unpaired) electrons. The van der Waals surface area contributed by atoms with E-state index in [1.807, 2.05) is 6.92 Å². The normalized spacial score (nSPS) is 22.9. The van der Waals surface area contributed by atoms with Crippen molar-refractivity contribution in [2.45, 2.75) is 39.7 Å². The fraction of sp³-hybridized carbons (Fsp3) is 0.917. The number of piperidine rings is 1. The minimum Gasteiger partial charge on any atom is -0.377 e. The van der Waals surface area contributed by atoms with E-state index in [1.54, 1.807) is 0 Å². The van der Waals surface area contributed by atoms with Crippen LogP contribution in [0.25, 0.3) is 0 Å². The molecule has 1 aliphatic heterocycles. The zero-order valence-electron chi connectivity index (χ0n) is 10.8. The maximum Gasteiger partial charge on any atom is 0.191 e. The van der Waals surface area contributed by atoms with Gasteiger partial charge in [-0.1, -0.05) is 13.8 Å². The molecule has 1 fully saturated rings. The Labute approximate surface area is 98.9 Å². The van der Waals surface area contributed by atoms with Crippen molar-refractivity contribution in [2.75, 3.05) is 26.2 Å². The summed E-state index contributed by atoms with van der Waals surface area (Å²) in [6.07, 6.45) is 2.61. The first kappa shape index (κ1) is 13.3. The van der Waals surface area contributed by atoms with E-state index in [2.05, 4.69) is 23.7 Å². The highest BCUT2D eigenvalue weighted by Gasteiger charge is 2.21. The number of guanidine groups is 1. The van der Waals surface area contributed by atoms with E-state index in [0.717, 1.165) is 39.1 Å². The Morgan fingerprint density at radius 3 is 2.94 bits per heavy atom. The van der Waals surface area contributed by atoms with Crippen LogP contribution in [0.2, 0.25) is 0 Å². The van der Waals surface area contributed by atoms with Gasteiger partial charge in [-0.3, -0.25) is 4.99 Å². The molecule has 1 aliphatic rings. The molecule has 0 spiro atoms. The molecule has 0 aromatic carbocycles. The van der Waals surface area contributed by atoms with Crippen LogP contribution in [0, 0.1) is 5.92 Å². The lowest BCUT2D eigenvalue weighted by Crippen LogP contribution is -2.46. The number of hydrogen-bond donors (Lipinski definition) is 1. The zero-order valence-corrected chi connectivity index (χ0v) is 10.8. The second-order valence-corrected chi connectivity index (χ2v) is 4.76. The average Bonchev–Trinajstić information content (AvgIpc) is 2.26. The van der Waals surface area contributed by atoms with Gasteiger partial charge in [0.15, 0.2) is 5.96 Å². The maximum atomic E-state index is 5.98. The van der Waals surface area contributed by atoms with Gasteiger partial charge in [0.25, 0.3) is 0 Å². The van der Waals surface area contributed by atoms with Gasteiger partial charge in [-0.25, -0.2) is 0 Å². The minimum absolute atomic E-state index is 0.326. The van der Waals surface area contributed by atoms with Gasteiger partial charge < -0.3 is 15.4 Å². The highest BCUT2D eigenvalue weighted by molar-refractivity contribution is 5.78. The molecule has 16 heavy (non-hydrogen) atoms. The highest BCUT2D eigenvalue weighted by Crippen LogP contribution is 2.12. The second-order valence-electron chi connectivity index (χ2n) is 4.76. The molecule has 94 valence electrons. The second kappa shape index (κ2) is 6.74. The molecule has 4 nitrogen and oxygen atoms in total. The summed E-state index contributed by atoms with van der Waals surface area (Å²) in [7, 11) is 0. The van der Waals surface area contributed by atoms with Crippen LogP contribution in [0.4, 0.5) is 0 Å². The van der Waals surface area contributed by atoms with Crippen LogP contribution < -0.4 is 5.73 Å². The molecule has 4 heteroatoms. The molecule has 1 heterocycles. The van der Waals surface area contributed by atoms with Crippen LogP contribution in [-0.2, 0) is 4.74 Å². The van der Waals surface area contributed by atoms with E-state index < -0.39 is 0 Å². The van der Waals surface area contributed by atoms with E-state index in [-0.39, 0.29) is 0 Å². The average molecular weight is 227 g/mol. The highest BCUT2D eigenvalue weighted by atomic mass is 16.5. The van der Waals surface area contributed by atoms with Crippen LogP contribution in [0.15, 0.2) is 4.99 Å². The predicted octanol–water partition coefficient (Wildman–Crippen LogP) is 1.46. The van der Waals surface area contributed by atoms with Crippen molar-refractivity contribution in [2.24, 2.45) is 16.6 Å². The van der Waals surface area contributed by atoms with Gasteiger partial charge in [-0.15, -0.1) is 0 Å². The van der Waals surface area contributed by atoms with E-state index in [1.165, 1.54) is 0 Å². The van der Waals surface area contributed by atoms with Crippen molar-refractivity contribution >= 4 is 5.96 Å². The van der Waals surface area contributed by atoms with E-state index in [0.29, 0.717) is 18.0 Å². The maximum absolute atomic E-state index is 5.98. The topological polar surface area (TPSA) is 50.9 Å². The van der Waals surface area contributed by atoms with Crippen molar-refractivity contribution in [3.8, 4) is 0 Å². The third-order valence-corrected chi connectivity index (χ3v) is 2.72. The molecule has 1 rings (SSSR count). The van der Waals surface area contributed by atoms with Gasteiger partial charge in [-0.05, 0) is 25.7 Å². The standard InChI is InChI=1S/C12H25N3O/c1-4-16-11-6-5-7-15(9-11)12(13)14-8-10(2)3/h10-11H,4-9H2,1-3H3,(H2,13,14). The molecular weight excluding hydrogens is 202 g/mol. The summed E-state index contributed by atoms with van der Waals surface area (Å²) in [6.45, 7) is 9.82. The molecule has 0 bridgehead atoms. The quantitative estimate of drug-likeness (QED) is 0.584.